The molecule has 0 aliphatic heterocycles. The van der Waals surface area contributed by atoms with Gasteiger partial charge in [-0.25, -0.2) is 4.39 Å². The maximum absolute atomic E-state index is 13.0. The van der Waals surface area contributed by atoms with E-state index in [4.69, 9.17) is 11.6 Å². The standard InChI is InChI=1S/C15H9BrClFOS/c16-11-3-1-2-10(8-11)15(19)6-7-20-12-4-5-14(18)13(17)9-12/h1-9H/b7-6+. The summed E-state index contributed by atoms with van der Waals surface area (Å²) >= 11 is 10.3. The van der Waals surface area contributed by atoms with E-state index in [1.165, 1.54) is 30.0 Å². The molecule has 2 rings (SSSR count). The fourth-order valence-corrected chi connectivity index (χ4v) is 2.79. The molecule has 0 atom stereocenters. The smallest absolute Gasteiger partial charge is 0.186 e. The van der Waals surface area contributed by atoms with Crippen molar-refractivity contribution in [2.75, 3.05) is 0 Å². The van der Waals surface area contributed by atoms with Crippen LogP contribution in [0.1, 0.15) is 10.4 Å². The molecule has 0 amide bonds. The average molecular weight is 372 g/mol. The molecule has 2 aromatic carbocycles. The molecule has 2 aromatic rings. The number of carbonyl (C=O) groups is 1. The van der Waals surface area contributed by atoms with Crippen molar-refractivity contribution in [3.8, 4) is 0 Å². The number of halogens is 3. The van der Waals surface area contributed by atoms with Gasteiger partial charge >= 0.3 is 0 Å². The molecule has 1 nitrogen and oxygen atoms in total. The Hall–Kier alpha value is -1.10. The molecule has 0 bridgehead atoms. The van der Waals surface area contributed by atoms with E-state index in [-0.39, 0.29) is 10.8 Å². The lowest BCUT2D eigenvalue weighted by atomic mass is 10.1. The Morgan fingerprint density at radius 3 is 2.75 bits per heavy atom. The molecule has 0 aliphatic rings. The first-order chi connectivity index (χ1) is 9.56. The van der Waals surface area contributed by atoms with Crippen molar-refractivity contribution in [1.82, 2.24) is 0 Å². The zero-order valence-electron chi connectivity index (χ0n) is 10.1. The first-order valence-corrected chi connectivity index (χ1v) is 7.69. The van der Waals surface area contributed by atoms with Crippen molar-refractivity contribution >= 4 is 45.1 Å². The van der Waals surface area contributed by atoms with Gasteiger partial charge in [0.2, 0.25) is 0 Å². The summed E-state index contributed by atoms with van der Waals surface area (Å²) in [5.41, 5.74) is 0.605. The van der Waals surface area contributed by atoms with Gasteiger partial charge in [-0.15, -0.1) is 0 Å². The molecule has 0 fully saturated rings. The van der Waals surface area contributed by atoms with Crippen LogP contribution < -0.4 is 0 Å². The van der Waals surface area contributed by atoms with E-state index in [9.17, 15) is 9.18 Å². The summed E-state index contributed by atoms with van der Waals surface area (Å²) < 4.78 is 13.8. The topological polar surface area (TPSA) is 17.1 Å². The summed E-state index contributed by atoms with van der Waals surface area (Å²) in [5, 5.41) is 1.73. The van der Waals surface area contributed by atoms with Crippen LogP contribution in [-0.2, 0) is 0 Å². The van der Waals surface area contributed by atoms with Gasteiger partial charge < -0.3 is 0 Å². The summed E-state index contributed by atoms with van der Waals surface area (Å²) in [6.07, 6.45) is 1.48. The molecule has 5 heteroatoms. The second-order valence-corrected chi connectivity index (χ2v) is 6.17. The van der Waals surface area contributed by atoms with Crippen molar-refractivity contribution < 1.29 is 9.18 Å². The number of ketones is 1. The molecule has 0 unspecified atom stereocenters. The van der Waals surface area contributed by atoms with E-state index in [0.29, 0.717) is 5.56 Å². The van der Waals surface area contributed by atoms with Gasteiger partial charge in [-0.2, -0.15) is 0 Å². The van der Waals surface area contributed by atoms with Gasteiger partial charge in [0.25, 0.3) is 0 Å². The van der Waals surface area contributed by atoms with Crippen molar-refractivity contribution in [3.63, 3.8) is 0 Å². The summed E-state index contributed by atoms with van der Waals surface area (Å²) in [7, 11) is 0. The molecule has 0 saturated heterocycles. The molecule has 0 N–H and O–H groups in total. The van der Waals surface area contributed by atoms with Gasteiger partial charge in [0.1, 0.15) is 5.82 Å². The lowest BCUT2D eigenvalue weighted by molar-refractivity contribution is 0.104. The van der Waals surface area contributed by atoms with Crippen LogP contribution in [0.4, 0.5) is 4.39 Å². The molecule has 20 heavy (non-hydrogen) atoms. The fourth-order valence-electron chi connectivity index (χ4n) is 1.46. The van der Waals surface area contributed by atoms with E-state index < -0.39 is 5.82 Å². The third kappa shape index (κ3) is 4.20. The normalized spacial score (nSPS) is 10.9. The first kappa shape index (κ1) is 15.3. The van der Waals surface area contributed by atoms with Gasteiger partial charge in [-0.05, 0) is 41.8 Å². The van der Waals surface area contributed by atoms with Crippen molar-refractivity contribution in [1.29, 1.82) is 0 Å². The third-order valence-corrected chi connectivity index (χ3v) is 4.00. The summed E-state index contributed by atoms with van der Waals surface area (Å²) in [6, 6.07) is 11.6. The number of benzene rings is 2. The summed E-state index contributed by atoms with van der Waals surface area (Å²) in [5.74, 6) is -0.544. The summed E-state index contributed by atoms with van der Waals surface area (Å²) in [4.78, 5) is 12.7. The Kier molecular flexibility index (Phi) is 5.40. The molecule has 0 spiro atoms. The van der Waals surface area contributed by atoms with Gasteiger partial charge in [-0.3, -0.25) is 4.79 Å². The predicted molar refractivity (Wildman–Crippen MR) is 84.9 cm³/mol. The lowest BCUT2D eigenvalue weighted by Crippen LogP contribution is -1.92. The van der Waals surface area contributed by atoms with Crippen molar-refractivity contribution in [2.24, 2.45) is 0 Å². The minimum absolute atomic E-state index is 0.0710. The second kappa shape index (κ2) is 7.07. The molecule has 0 aliphatic carbocycles. The van der Waals surface area contributed by atoms with Gasteiger partial charge in [0.15, 0.2) is 5.78 Å². The van der Waals surface area contributed by atoms with Crippen LogP contribution in [0.3, 0.4) is 0 Å². The van der Waals surface area contributed by atoms with Gasteiger partial charge in [0, 0.05) is 14.9 Å². The Labute approximate surface area is 134 Å². The molecular formula is C15H9BrClFOS. The molecule has 0 saturated carbocycles. The van der Waals surface area contributed by atoms with Crippen LogP contribution in [0.2, 0.25) is 5.02 Å². The van der Waals surface area contributed by atoms with Gasteiger partial charge in [0.05, 0.1) is 5.02 Å². The van der Waals surface area contributed by atoms with Gasteiger partial charge in [-0.1, -0.05) is 51.4 Å². The number of allylic oxidation sites excluding steroid dienone is 1. The SMILES string of the molecule is O=C(/C=C/Sc1ccc(F)c(Cl)c1)c1cccc(Br)c1. The maximum Gasteiger partial charge on any atom is 0.186 e. The maximum atomic E-state index is 13.0. The molecular weight excluding hydrogens is 363 g/mol. The number of rotatable bonds is 4. The first-order valence-electron chi connectivity index (χ1n) is 5.64. The quantitative estimate of drug-likeness (QED) is 0.388. The monoisotopic (exact) mass is 370 g/mol. The number of thioether (sulfide) groups is 1. The van der Waals surface area contributed by atoms with E-state index in [0.717, 1.165) is 9.37 Å². The minimum Gasteiger partial charge on any atom is -0.289 e. The highest BCUT2D eigenvalue weighted by atomic mass is 79.9. The zero-order valence-corrected chi connectivity index (χ0v) is 13.3. The fraction of sp³-hybridized carbons (Fsp3) is 0. The minimum atomic E-state index is -0.454. The largest absolute Gasteiger partial charge is 0.289 e. The second-order valence-electron chi connectivity index (χ2n) is 3.87. The van der Waals surface area contributed by atoms with E-state index >= 15 is 0 Å². The third-order valence-electron chi connectivity index (χ3n) is 2.42. The van der Waals surface area contributed by atoms with Crippen LogP contribution in [0, 0.1) is 5.82 Å². The Morgan fingerprint density at radius 2 is 2.05 bits per heavy atom. The van der Waals surface area contributed by atoms with Crippen molar-refractivity contribution in [3.05, 3.63) is 74.8 Å². The van der Waals surface area contributed by atoms with Crippen molar-refractivity contribution in [2.45, 2.75) is 4.90 Å². The average Bonchev–Trinajstić information content (AvgIpc) is 2.42. The highest BCUT2D eigenvalue weighted by Gasteiger charge is 2.03. The number of hydrogen-bond acceptors (Lipinski definition) is 2. The molecule has 0 heterocycles. The zero-order chi connectivity index (χ0) is 14.5. The Balaban J connectivity index is 2.02. The van der Waals surface area contributed by atoms with Crippen LogP contribution in [-0.4, -0.2) is 5.78 Å². The molecule has 0 aromatic heterocycles. The molecule has 102 valence electrons. The number of hydrogen-bond donors (Lipinski definition) is 0. The Bertz CT molecular complexity index is 673. The van der Waals surface area contributed by atoms with Crippen LogP contribution >= 0.6 is 39.3 Å². The Morgan fingerprint density at radius 1 is 1.25 bits per heavy atom. The predicted octanol–water partition coefficient (Wildman–Crippen LogP) is 5.73. The molecule has 0 radical (unpaired) electrons. The van der Waals surface area contributed by atoms with E-state index in [2.05, 4.69) is 15.9 Å². The summed E-state index contributed by atoms with van der Waals surface area (Å²) in [6.45, 7) is 0. The highest BCUT2D eigenvalue weighted by Crippen LogP contribution is 2.25. The number of carbonyl (C=O) groups excluding carboxylic acids is 1. The van der Waals surface area contributed by atoms with E-state index in [1.807, 2.05) is 6.07 Å². The van der Waals surface area contributed by atoms with Crippen LogP contribution in [0.25, 0.3) is 0 Å². The van der Waals surface area contributed by atoms with Crippen LogP contribution in [0.15, 0.2) is 63.3 Å². The van der Waals surface area contributed by atoms with E-state index in [1.54, 1.807) is 29.7 Å². The lowest BCUT2D eigenvalue weighted by Gasteiger charge is -1.99. The van der Waals surface area contributed by atoms with Crippen LogP contribution in [0.5, 0.6) is 0 Å². The highest BCUT2D eigenvalue weighted by molar-refractivity contribution is 9.10.